The zero-order valence-electron chi connectivity index (χ0n) is 21.4. The van der Waals surface area contributed by atoms with Gasteiger partial charge in [0.1, 0.15) is 11.9 Å². The Hall–Kier alpha value is -4.27. The van der Waals surface area contributed by atoms with Crippen LogP contribution in [0.25, 0.3) is 17.0 Å². The Morgan fingerprint density at radius 2 is 1.93 bits per heavy atom. The highest BCUT2D eigenvalue weighted by Gasteiger charge is 2.33. The average molecular weight is 588 g/mol. The van der Waals surface area contributed by atoms with Gasteiger partial charge < -0.3 is 5.32 Å². The van der Waals surface area contributed by atoms with Crippen molar-refractivity contribution >= 4 is 35.4 Å². The van der Waals surface area contributed by atoms with Crippen molar-refractivity contribution in [2.24, 2.45) is 0 Å². The maximum Gasteiger partial charge on any atom is 0.416 e. The van der Waals surface area contributed by atoms with Gasteiger partial charge in [-0.1, -0.05) is 24.3 Å². The molecule has 6 nitrogen and oxygen atoms in total. The van der Waals surface area contributed by atoms with Gasteiger partial charge in [-0.3, -0.25) is 9.47 Å². The van der Waals surface area contributed by atoms with Crippen molar-refractivity contribution in [3.8, 4) is 6.07 Å². The quantitative estimate of drug-likeness (QED) is 0.215. The van der Waals surface area contributed by atoms with E-state index in [0.717, 1.165) is 17.7 Å². The molecule has 0 aliphatic carbocycles. The number of nitrogens with zero attached hydrogens (tertiary/aromatic N) is 4. The third kappa shape index (κ3) is 6.39. The van der Waals surface area contributed by atoms with Crippen LogP contribution < -0.4 is 5.32 Å². The first-order valence-corrected chi connectivity index (χ1v) is 12.3. The van der Waals surface area contributed by atoms with Crippen LogP contribution in [-0.4, -0.2) is 33.6 Å². The first kappa shape index (κ1) is 29.7. The summed E-state index contributed by atoms with van der Waals surface area (Å²) in [6.45, 7) is 1.37. The van der Waals surface area contributed by atoms with Crippen LogP contribution in [0.3, 0.4) is 0 Å². The molecule has 0 spiro atoms. The van der Waals surface area contributed by atoms with Crippen LogP contribution in [0.15, 0.2) is 60.8 Å². The van der Waals surface area contributed by atoms with Gasteiger partial charge in [-0.15, -0.1) is 12.4 Å². The van der Waals surface area contributed by atoms with Crippen molar-refractivity contribution in [3.05, 3.63) is 106 Å². The van der Waals surface area contributed by atoms with E-state index in [1.807, 2.05) is 6.08 Å². The van der Waals surface area contributed by atoms with Crippen molar-refractivity contribution < 1.29 is 26.7 Å². The van der Waals surface area contributed by atoms with E-state index in [1.165, 1.54) is 41.1 Å². The van der Waals surface area contributed by atoms with Crippen LogP contribution >= 0.6 is 12.4 Å². The monoisotopic (exact) mass is 587 g/mol. The minimum absolute atomic E-state index is 0. The van der Waals surface area contributed by atoms with Gasteiger partial charge in [0.25, 0.3) is 0 Å². The lowest BCUT2D eigenvalue weighted by Crippen LogP contribution is -2.34. The number of benzene rings is 2. The summed E-state index contributed by atoms with van der Waals surface area (Å²) in [5, 5.41) is 12.1. The molecule has 0 unspecified atom stereocenters. The van der Waals surface area contributed by atoms with E-state index in [9.17, 15) is 26.7 Å². The van der Waals surface area contributed by atoms with E-state index in [0.29, 0.717) is 48.3 Å². The maximum atomic E-state index is 13.9. The molecule has 2 aromatic carbocycles. The summed E-state index contributed by atoms with van der Waals surface area (Å²) in [7, 11) is 0. The summed E-state index contributed by atoms with van der Waals surface area (Å²) in [6, 6.07) is 11.5. The maximum absolute atomic E-state index is 13.9. The molecule has 0 bridgehead atoms. The number of alkyl halides is 3. The predicted molar refractivity (Wildman–Crippen MR) is 145 cm³/mol. The Balaban J connectivity index is 0.00000387. The lowest BCUT2D eigenvalue weighted by atomic mass is 10.0. The number of fused-ring (bicyclic) bond motifs is 3. The van der Waals surface area contributed by atoms with E-state index >= 15 is 0 Å². The zero-order chi connectivity index (χ0) is 28.4. The Labute approximate surface area is 238 Å². The Bertz CT molecular complexity index is 1670. The number of carbonyl (C=O) groups is 1. The number of nitrogens with one attached hydrogen (secondary N) is 1. The fourth-order valence-corrected chi connectivity index (χ4v) is 4.85. The molecule has 5 rings (SSSR count). The molecule has 2 aromatic heterocycles. The number of carbonyl (C=O) groups excluding carboxylic acids is 1. The Kier molecular flexibility index (Phi) is 8.75. The molecule has 0 fully saturated rings. The van der Waals surface area contributed by atoms with Gasteiger partial charge >= 0.3 is 12.2 Å². The molecule has 12 heteroatoms. The van der Waals surface area contributed by atoms with Crippen LogP contribution in [-0.2, 0) is 25.7 Å². The molecule has 212 valence electrons. The topological polar surface area (TPSA) is 74.0 Å². The van der Waals surface area contributed by atoms with Crippen LogP contribution in [0.5, 0.6) is 0 Å². The highest BCUT2D eigenvalue weighted by molar-refractivity contribution is 5.96. The second-order valence-corrected chi connectivity index (χ2v) is 9.37. The summed E-state index contributed by atoms with van der Waals surface area (Å²) in [6.07, 6.45) is 0.653. The molecule has 41 heavy (non-hydrogen) atoms. The smallest absolute Gasteiger partial charge is 0.333 e. The van der Waals surface area contributed by atoms with Gasteiger partial charge in [0, 0.05) is 49.9 Å². The fraction of sp³-hybridized carbons (Fsp3) is 0.207. The predicted octanol–water partition coefficient (Wildman–Crippen LogP) is 6.46. The fourth-order valence-electron chi connectivity index (χ4n) is 4.85. The van der Waals surface area contributed by atoms with Crippen molar-refractivity contribution in [2.75, 3.05) is 13.1 Å². The van der Waals surface area contributed by atoms with Gasteiger partial charge in [-0.05, 0) is 53.1 Å². The van der Waals surface area contributed by atoms with Gasteiger partial charge in [0.2, 0.25) is 5.95 Å². The number of hydrogen-bond donors (Lipinski definition) is 1. The van der Waals surface area contributed by atoms with Gasteiger partial charge in [-0.25, -0.2) is 14.2 Å². The number of nitriles is 1. The number of halogens is 6. The first-order chi connectivity index (χ1) is 19.1. The normalized spacial score (nSPS) is 13.6. The second-order valence-electron chi connectivity index (χ2n) is 9.37. The van der Waals surface area contributed by atoms with Crippen LogP contribution in [0.2, 0.25) is 0 Å². The summed E-state index contributed by atoms with van der Waals surface area (Å²) in [4.78, 5) is 18.8. The van der Waals surface area contributed by atoms with E-state index in [-0.39, 0.29) is 30.0 Å². The van der Waals surface area contributed by atoms with Crippen LogP contribution in [0.1, 0.15) is 33.5 Å². The van der Waals surface area contributed by atoms with Gasteiger partial charge in [-0.2, -0.15) is 22.8 Å². The molecule has 0 atom stereocenters. The van der Waals surface area contributed by atoms with Crippen LogP contribution in [0, 0.1) is 23.1 Å². The van der Waals surface area contributed by atoms with E-state index in [1.54, 1.807) is 18.2 Å². The number of rotatable bonds is 5. The lowest BCUT2D eigenvalue weighted by Gasteiger charge is -2.27. The number of aromatic nitrogens is 2. The van der Waals surface area contributed by atoms with Crippen molar-refractivity contribution in [1.82, 2.24) is 19.8 Å². The minimum atomic E-state index is -4.59. The zero-order valence-corrected chi connectivity index (χ0v) is 22.2. The van der Waals surface area contributed by atoms with Crippen molar-refractivity contribution in [1.29, 1.82) is 5.26 Å². The van der Waals surface area contributed by atoms with Crippen molar-refractivity contribution in [3.63, 3.8) is 0 Å². The SMILES string of the molecule is Cl.N#Cc1ccc(/C=C/CN2CCc3c(c4ccc(C(F)(F)F)cc4n3C(=O)NCc3ccnc(F)c3)C2)cc1F. The largest absolute Gasteiger partial charge is 0.416 e. The third-order valence-electron chi connectivity index (χ3n) is 6.78. The highest BCUT2D eigenvalue weighted by atomic mass is 35.5. The summed E-state index contributed by atoms with van der Waals surface area (Å²) < 4.78 is 69.3. The lowest BCUT2D eigenvalue weighted by molar-refractivity contribution is -0.137. The minimum Gasteiger partial charge on any atom is -0.333 e. The second kappa shape index (κ2) is 12.1. The van der Waals surface area contributed by atoms with E-state index < -0.39 is 29.5 Å². The molecule has 0 radical (unpaired) electrons. The summed E-state index contributed by atoms with van der Waals surface area (Å²) in [5.74, 6) is -1.31. The van der Waals surface area contributed by atoms with E-state index in [2.05, 4.69) is 15.2 Å². The molecule has 4 aromatic rings. The molecule has 1 amide bonds. The van der Waals surface area contributed by atoms with Gasteiger partial charge in [0.05, 0.1) is 16.6 Å². The van der Waals surface area contributed by atoms with E-state index in [4.69, 9.17) is 5.26 Å². The van der Waals surface area contributed by atoms with Crippen molar-refractivity contribution in [2.45, 2.75) is 25.7 Å². The number of amides is 1. The van der Waals surface area contributed by atoms with Gasteiger partial charge in [0.15, 0.2) is 0 Å². The molecule has 1 N–H and O–H groups in total. The van der Waals surface area contributed by atoms with Crippen LogP contribution in [0.4, 0.5) is 26.7 Å². The first-order valence-electron chi connectivity index (χ1n) is 12.3. The number of hydrogen-bond acceptors (Lipinski definition) is 4. The Morgan fingerprint density at radius 1 is 1.12 bits per heavy atom. The standard InChI is InChI=1S/C29H22F5N5O.ClH/c30-24-12-18(3-4-20(24)15-35)2-1-10-38-11-8-25-23(17-38)22-6-5-21(29(32,33)34)14-26(22)39(25)28(40)37-16-19-7-9-36-27(31)13-19;/h1-7,9,12-14H,8,10-11,16-17H2,(H,37,40);1H/b2-1+;. The molecule has 3 heterocycles. The molecule has 1 aliphatic heterocycles. The molecule has 0 saturated carbocycles. The average Bonchev–Trinajstić information content (AvgIpc) is 3.24. The summed E-state index contributed by atoms with van der Waals surface area (Å²) in [5.41, 5.74) is 1.65. The highest BCUT2D eigenvalue weighted by Crippen LogP contribution is 2.36. The molecule has 1 aliphatic rings. The Morgan fingerprint density at radius 3 is 2.63 bits per heavy atom. The molecule has 0 saturated heterocycles. The number of pyridine rings is 1. The molecular weight excluding hydrogens is 565 g/mol. The molecular formula is C29H23ClF5N5O. The third-order valence-corrected chi connectivity index (χ3v) is 6.78. The summed E-state index contributed by atoms with van der Waals surface area (Å²) >= 11 is 0.